The van der Waals surface area contributed by atoms with Gasteiger partial charge in [0, 0.05) is 12.1 Å². The van der Waals surface area contributed by atoms with E-state index in [1.165, 1.54) is 0 Å². The Hall–Kier alpha value is -1.35. The summed E-state index contributed by atoms with van der Waals surface area (Å²) in [6.45, 7) is 1.98. The maximum absolute atomic E-state index is 11.1. The Morgan fingerprint density at radius 3 is 3.08 bits per heavy atom. The largest absolute Gasteiger partial charge is 0.383 e. The molecular weight excluding hydrogens is 166 g/mol. The number of aryl methyl sites for hydroxylation is 1. The number of carbonyl (C=O) groups excluding carboxylic acids is 1. The van der Waals surface area contributed by atoms with Gasteiger partial charge in [0.25, 0.3) is 5.91 Å². The zero-order valence-corrected chi connectivity index (χ0v) is 7.37. The van der Waals surface area contributed by atoms with Crippen LogP contribution in [0.5, 0.6) is 0 Å². The highest BCUT2D eigenvalue weighted by atomic mass is 16.3. The molecule has 0 spiro atoms. The lowest BCUT2D eigenvalue weighted by atomic mass is 9.97. The lowest BCUT2D eigenvalue weighted by Gasteiger charge is -2.22. The van der Waals surface area contributed by atoms with Crippen LogP contribution >= 0.6 is 0 Å². The normalized spacial score (nSPS) is 20.8. The van der Waals surface area contributed by atoms with Gasteiger partial charge in [0.05, 0.1) is 0 Å². The second kappa shape index (κ2) is 2.85. The number of aliphatic hydroxyl groups excluding tert-OH is 1. The molecule has 2 rings (SSSR count). The summed E-state index contributed by atoms with van der Waals surface area (Å²) in [5.74, 6) is -0.307. The fourth-order valence-corrected chi connectivity index (χ4v) is 1.59. The molecule has 0 radical (unpaired) electrons. The van der Waals surface area contributed by atoms with E-state index >= 15 is 0 Å². The first kappa shape index (κ1) is 8.26. The summed E-state index contributed by atoms with van der Waals surface area (Å²) in [7, 11) is 0. The minimum absolute atomic E-state index is 0.307. The molecule has 0 unspecified atom stereocenters. The van der Waals surface area contributed by atoms with Crippen molar-refractivity contribution in [3.05, 3.63) is 29.3 Å². The predicted molar refractivity (Wildman–Crippen MR) is 49.5 cm³/mol. The molecule has 3 nitrogen and oxygen atoms in total. The third kappa shape index (κ3) is 1.31. The summed E-state index contributed by atoms with van der Waals surface area (Å²) < 4.78 is 0. The average molecular weight is 177 g/mol. The van der Waals surface area contributed by atoms with E-state index in [0.717, 1.165) is 16.8 Å². The van der Waals surface area contributed by atoms with Gasteiger partial charge in [-0.1, -0.05) is 12.1 Å². The second-order valence-electron chi connectivity index (χ2n) is 3.31. The van der Waals surface area contributed by atoms with Gasteiger partial charge in [-0.05, 0) is 24.1 Å². The van der Waals surface area contributed by atoms with Crippen molar-refractivity contribution >= 4 is 11.6 Å². The molecule has 3 heteroatoms. The molecule has 0 bridgehead atoms. The third-order valence-electron chi connectivity index (χ3n) is 2.37. The number of hydrogen-bond donors (Lipinski definition) is 2. The van der Waals surface area contributed by atoms with Crippen LogP contribution in [0.1, 0.15) is 11.1 Å². The number of hydrogen-bond acceptors (Lipinski definition) is 2. The summed E-state index contributed by atoms with van der Waals surface area (Å²) in [5.41, 5.74) is 2.97. The summed E-state index contributed by atoms with van der Waals surface area (Å²) in [6, 6.07) is 5.72. The predicted octanol–water partition coefficient (Wildman–Crippen LogP) is 0.851. The number of nitrogens with one attached hydrogen (secondary N) is 1. The van der Waals surface area contributed by atoms with Gasteiger partial charge in [-0.15, -0.1) is 0 Å². The first-order valence-electron chi connectivity index (χ1n) is 4.26. The van der Waals surface area contributed by atoms with Gasteiger partial charge < -0.3 is 10.4 Å². The maximum Gasteiger partial charge on any atom is 0.253 e. The van der Waals surface area contributed by atoms with Crippen LogP contribution in [0.25, 0.3) is 0 Å². The Labute approximate surface area is 76.4 Å². The fraction of sp³-hybridized carbons (Fsp3) is 0.300. The summed E-state index contributed by atoms with van der Waals surface area (Å²) in [5, 5.41) is 12.0. The van der Waals surface area contributed by atoms with Crippen molar-refractivity contribution in [3.63, 3.8) is 0 Å². The van der Waals surface area contributed by atoms with Crippen LogP contribution in [0.4, 0.5) is 5.69 Å². The Balaban J connectivity index is 2.48. The zero-order chi connectivity index (χ0) is 9.42. The van der Waals surface area contributed by atoms with Crippen molar-refractivity contribution in [2.45, 2.75) is 19.4 Å². The van der Waals surface area contributed by atoms with Crippen LogP contribution < -0.4 is 5.32 Å². The first-order chi connectivity index (χ1) is 6.18. The van der Waals surface area contributed by atoms with Crippen LogP contribution in [-0.4, -0.2) is 17.1 Å². The molecular formula is C10H11NO2. The molecule has 0 fully saturated rings. The van der Waals surface area contributed by atoms with Gasteiger partial charge >= 0.3 is 0 Å². The monoisotopic (exact) mass is 177 g/mol. The summed E-state index contributed by atoms with van der Waals surface area (Å²) in [6.07, 6.45) is -0.470. The SMILES string of the molecule is Cc1cccc2c1C[C@@H](O)C(=O)N2. The van der Waals surface area contributed by atoms with Crippen LogP contribution in [0, 0.1) is 6.92 Å². The Bertz CT molecular complexity index is 360. The van der Waals surface area contributed by atoms with E-state index in [-0.39, 0.29) is 5.91 Å². The molecule has 1 amide bonds. The van der Waals surface area contributed by atoms with E-state index < -0.39 is 6.10 Å². The van der Waals surface area contributed by atoms with Crippen molar-refractivity contribution in [1.29, 1.82) is 0 Å². The van der Waals surface area contributed by atoms with Crippen molar-refractivity contribution < 1.29 is 9.90 Å². The van der Waals surface area contributed by atoms with E-state index in [1.807, 2.05) is 25.1 Å². The van der Waals surface area contributed by atoms with E-state index in [4.69, 9.17) is 0 Å². The molecule has 1 atom stereocenters. The fourth-order valence-electron chi connectivity index (χ4n) is 1.59. The Kier molecular flexibility index (Phi) is 1.81. The molecule has 1 aliphatic heterocycles. The number of carbonyl (C=O) groups is 1. The Morgan fingerprint density at radius 1 is 1.54 bits per heavy atom. The van der Waals surface area contributed by atoms with E-state index in [2.05, 4.69) is 5.32 Å². The minimum Gasteiger partial charge on any atom is -0.383 e. The van der Waals surface area contributed by atoms with Crippen LogP contribution in [0.15, 0.2) is 18.2 Å². The lowest BCUT2D eigenvalue weighted by Crippen LogP contribution is -2.34. The van der Waals surface area contributed by atoms with Gasteiger partial charge in [-0.2, -0.15) is 0 Å². The first-order valence-corrected chi connectivity index (χ1v) is 4.26. The standard InChI is InChI=1S/C10H11NO2/c1-6-3-2-4-8-7(6)5-9(12)10(13)11-8/h2-4,9,12H,5H2,1H3,(H,11,13)/t9-/m1/s1. The van der Waals surface area contributed by atoms with Crippen molar-refractivity contribution in [2.75, 3.05) is 5.32 Å². The van der Waals surface area contributed by atoms with E-state index in [1.54, 1.807) is 0 Å². The average Bonchev–Trinajstić information content (AvgIpc) is 2.09. The maximum atomic E-state index is 11.1. The van der Waals surface area contributed by atoms with Gasteiger partial charge in [0.1, 0.15) is 6.10 Å². The molecule has 13 heavy (non-hydrogen) atoms. The van der Waals surface area contributed by atoms with Crippen LogP contribution in [0.3, 0.4) is 0 Å². The van der Waals surface area contributed by atoms with Crippen LogP contribution in [-0.2, 0) is 11.2 Å². The number of amides is 1. The topological polar surface area (TPSA) is 49.3 Å². The second-order valence-corrected chi connectivity index (χ2v) is 3.31. The van der Waals surface area contributed by atoms with E-state index in [9.17, 15) is 9.90 Å². The molecule has 0 aromatic heterocycles. The number of rotatable bonds is 0. The molecule has 1 aromatic carbocycles. The Morgan fingerprint density at radius 2 is 2.31 bits per heavy atom. The molecule has 1 aromatic rings. The number of anilines is 1. The van der Waals surface area contributed by atoms with Gasteiger partial charge in [0.2, 0.25) is 0 Å². The highest BCUT2D eigenvalue weighted by Gasteiger charge is 2.24. The molecule has 1 heterocycles. The molecule has 0 aliphatic carbocycles. The highest BCUT2D eigenvalue weighted by molar-refractivity contribution is 5.97. The zero-order valence-electron chi connectivity index (χ0n) is 7.37. The number of fused-ring (bicyclic) bond motifs is 1. The number of aliphatic hydroxyl groups is 1. The molecule has 68 valence electrons. The summed E-state index contributed by atoms with van der Waals surface area (Å²) in [4.78, 5) is 11.1. The smallest absolute Gasteiger partial charge is 0.253 e. The van der Waals surface area contributed by atoms with Gasteiger partial charge in [-0.25, -0.2) is 0 Å². The van der Waals surface area contributed by atoms with Crippen molar-refractivity contribution in [3.8, 4) is 0 Å². The van der Waals surface area contributed by atoms with Crippen molar-refractivity contribution in [2.24, 2.45) is 0 Å². The summed E-state index contributed by atoms with van der Waals surface area (Å²) >= 11 is 0. The van der Waals surface area contributed by atoms with E-state index in [0.29, 0.717) is 6.42 Å². The van der Waals surface area contributed by atoms with Crippen LogP contribution in [0.2, 0.25) is 0 Å². The third-order valence-corrected chi connectivity index (χ3v) is 2.37. The minimum atomic E-state index is -0.895. The van der Waals surface area contributed by atoms with Gasteiger partial charge in [-0.3, -0.25) is 4.79 Å². The van der Waals surface area contributed by atoms with Gasteiger partial charge in [0.15, 0.2) is 0 Å². The number of benzene rings is 1. The molecule has 2 N–H and O–H groups in total. The molecule has 1 aliphatic rings. The highest BCUT2D eigenvalue weighted by Crippen LogP contribution is 2.25. The molecule has 0 saturated heterocycles. The molecule has 0 saturated carbocycles. The van der Waals surface area contributed by atoms with Crippen molar-refractivity contribution in [1.82, 2.24) is 0 Å². The lowest BCUT2D eigenvalue weighted by molar-refractivity contribution is -0.124. The quantitative estimate of drug-likeness (QED) is 0.617.